The lowest BCUT2D eigenvalue weighted by Crippen LogP contribution is -2.60. The van der Waals surface area contributed by atoms with Crippen LogP contribution in [0.5, 0.6) is 0 Å². The third-order valence-electron chi connectivity index (χ3n) is 3.87. The Labute approximate surface area is 124 Å². The van der Waals surface area contributed by atoms with Gasteiger partial charge in [-0.2, -0.15) is 22.0 Å². The van der Waals surface area contributed by atoms with Crippen LogP contribution < -0.4 is 0 Å². The predicted octanol–water partition coefficient (Wildman–Crippen LogP) is 3.03. The Kier molecular flexibility index (Phi) is 4.36. The van der Waals surface area contributed by atoms with Crippen molar-refractivity contribution in [1.82, 2.24) is 0 Å². The van der Waals surface area contributed by atoms with Crippen molar-refractivity contribution in [2.24, 2.45) is 5.41 Å². The lowest BCUT2D eigenvalue weighted by molar-refractivity contribution is -0.413. The minimum atomic E-state index is -5.75. The number of carbonyl (C=O) groups is 1. The minimum Gasteiger partial charge on any atom is -0.452 e. The van der Waals surface area contributed by atoms with Crippen molar-refractivity contribution < 1.29 is 41.3 Å². The highest BCUT2D eigenvalue weighted by Crippen LogP contribution is 2.55. The van der Waals surface area contributed by atoms with E-state index in [4.69, 9.17) is 0 Å². The van der Waals surface area contributed by atoms with Crippen LogP contribution in [0.3, 0.4) is 0 Å². The lowest BCUT2D eigenvalue weighted by atomic mass is 9.89. The van der Waals surface area contributed by atoms with Gasteiger partial charge in [-0.1, -0.05) is 6.92 Å². The quantitative estimate of drug-likeness (QED) is 0.637. The molecule has 1 rings (SSSR count). The summed E-state index contributed by atoms with van der Waals surface area (Å²) >= 11 is 0. The Hall–Kier alpha value is -0.960. The van der Waals surface area contributed by atoms with Gasteiger partial charge in [0.05, 0.1) is 5.41 Å². The van der Waals surface area contributed by atoms with Crippen LogP contribution >= 0.6 is 0 Å². The molecule has 0 aromatic rings. The van der Waals surface area contributed by atoms with E-state index in [2.05, 4.69) is 9.47 Å². The average molecular weight is 334 g/mol. The molecular formula is C13H19F5O4. The van der Waals surface area contributed by atoms with Crippen LogP contribution in [0.15, 0.2) is 0 Å². The fourth-order valence-electron chi connectivity index (χ4n) is 1.99. The van der Waals surface area contributed by atoms with Gasteiger partial charge in [-0.15, -0.1) is 0 Å². The number of aliphatic hydroxyl groups is 1. The summed E-state index contributed by atoms with van der Waals surface area (Å²) in [6, 6.07) is 0. The molecule has 1 fully saturated rings. The first-order valence-electron chi connectivity index (χ1n) is 6.61. The summed E-state index contributed by atoms with van der Waals surface area (Å²) in [5.74, 6) is -10.7. The third-order valence-corrected chi connectivity index (χ3v) is 3.87. The van der Waals surface area contributed by atoms with Gasteiger partial charge in [-0.25, -0.2) is 0 Å². The highest BCUT2D eigenvalue weighted by molar-refractivity contribution is 5.76. The molecule has 9 heteroatoms. The topological polar surface area (TPSA) is 55.8 Å². The number of rotatable bonds is 3. The van der Waals surface area contributed by atoms with Crippen molar-refractivity contribution >= 4 is 5.97 Å². The van der Waals surface area contributed by atoms with Gasteiger partial charge in [-0.3, -0.25) is 4.79 Å². The monoisotopic (exact) mass is 334 g/mol. The minimum absolute atomic E-state index is 0.231. The van der Waals surface area contributed by atoms with Crippen molar-refractivity contribution in [3.63, 3.8) is 0 Å². The standard InChI is InChI=1S/C13H19F5O4/c1-6-9(2,3)8(19)21-7-10(4,5)22-12(20,11(7,14)15)13(16,17)18/h7,20H,6H2,1-5H3. The number of alkyl halides is 5. The summed E-state index contributed by atoms with van der Waals surface area (Å²) in [5.41, 5.74) is -3.39. The molecule has 130 valence electrons. The maximum Gasteiger partial charge on any atom is 0.449 e. The molecule has 0 spiro atoms. The largest absolute Gasteiger partial charge is 0.452 e. The molecule has 4 nitrogen and oxygen atoms in total. The van der Waals surface area contributed by atoms with Crippen molar-refractivity contribution in [3.05, 3.63) is 0 Å². The van der Waals surface area contributed by atoms with Crippen LogP contribution in [0.25, 0.3) is 0 Å². The summed E-state index contributed by atoms with van der Waals surface area (Å²) in [7, 11) is 0. The number of carbonyl (C=O) groups excluding carboxylic acids is 1. The highest BCUT2D eigenvalue weighted by atomic mass is 19.4. The molecule has 0 aromatic carbocycles. The molecule has 0 amide bonds. The predicted molar refractivity (Wildman–Crippen MR) is 65.1 cm³/mol. The number of esters is 1. The number of halogens is 5. The molecular weight excluding hydrogens is 315 g/mol. The van der Waals surface area contributed by atoms with Crippen molar-refractivity contribution in [3.8, 4) is 0 Å². The summed E-state index contributed by atoms with van der Waals surface area (Å²) in [6.07, 6.45) is -8.10. The summed E-state index contributed by atoms with van der Waals surface area (Å²) in [4.78, 5) is 11.9. The van der Waals surface area contributed by atoms with E-state index >= 15 is 0 Å². The van der Waals surface area contributed by atoms with Gasteiger partial charge >= 0.3 is 23.9 Å². The van der Waals surface area contributed by atoms with E-state index in [1.54, 1.807) is 6.92 Å². The molecule has 0 radical (unpaired) electrons. The lowest BCUT2D eigenvalue weighted by Gasteiger charge is -2.32. The second-order valence-corrected chi connectivity index (χ2v) is 6.49. The third kappa shape index (κ3) is 2.68. The van der Waals surface area contributed by atoms with Crippen LogP contribution in [-0.4, -0.2) is 40.7 Å². The van der Waals surface area contributed by atoms with E-state index in [0.717, 1.165) is 13.8 Å². The first kappa shape index (κ1) is 19.1. The molecule has 0 aliphatic carbocycles. The van der Waals surface area contributed by atoms with Gasteiger partial charge in [0.15, 0.2) is 6.10 Å². The molecule has 2 unspecified atom stereocenters. The Morgan fingerprint density at radius 1 is 1.27 bits per heavy atom. The van der Waals surface area contributed by atoms with Crippen LogP contribution in [0, 0.1) is 5.41 Å². The van der Waals surface area contributed by atoms with Crippen molar-refractivity contribution in [1.29, 1.82) is 0 Å². The molecule has 0 aromatic heterocycles. The molecule has 0 bridgehead atoms. The zero-order valence-corrected chi connectivity index (χ0v) is 12.8. The second kappa shape index (κ2) is 5.02. The average Bonchev–Trinajstić information content (AvgIpc) is 2.45. The normalized spacial score (nSPS) is 31.1. The molecule has 1 aliphatic heterocycles. The van der Waals surface area contributed by atoms with E-state index in [-0.39, 0.29) is 6.42 Å². The van der Waals surface area contributed by atoms with E-state index in [0.29, 0.717) is 0 Å². The van der Waals surface area contributed by atoms with Gasteiger partial charge in [0.25, 0.3) is 0 Å². The number of hydrogen-bond acceptors (Lipinski definition) is 4. The van der Waals surface area contributed by atoms with Crippen LogP contribution in [0.4, 0.5) is 22.0 Å². The fraction of sp³-hybridized carbons (Fsp3) is 0.923. The molecule has 1 heterocycles. The number of ether oxygens (including phenoxy) is 2. The van der Waals surface area contributed by atoms with Gasteiger partial charge in [0.2, 0.25) is 0 Å². The van der Waals surface area contributed by atoms with Crippen molar-refractivity contribution in [2.45, 2.75) is 70.6 Å². The Morgan fingerprint density at radius 2 is 1.73 bits per heavy atom. The van der Waals surface area contributed by atoms with Crippen LogP contribution in [0.2, 0.25) is 0 Å². The van der Waals surface area contributed by atoms with Gasteiger partial charge in [-0.05, 0) is 34.1 Å². The fourth-order valence-corrected chi connectivity index (χ4v) is 1.99. The Balaban J connectivity index is 3.23. The first-order valence-corrected chi connectivity index (χ1v) is 6.61. The van der Waals surface area contributed by atoms with Crippen molar-refractivity contribution in [2.75, 3.05) is 0 Å². The second-order valence-electron chi connectivity index (χ2n) is 6.49. The maximum atomic E-state index is 14.1. The van der Waals surface area contributed by atoms with Gasteiger partial charge < -0.3 is 14.6 Å². The summed E-state index contributed by atoms with van der Waals surface area (Å²) in [5, 5.41) is 9.35. The van der Waals surface area contributed by atoms with E-state index in [1.165, 1.54) is 13.8 Å². The molecule has 0 saturated carbocycles. The molecule has 1 saturated heterocycles. The molecule has 1 aliphatic rings. The smallest absolute Gasteiger partial charge is 0.449 e. The SMILES string of the molecule is CCC(C)(C)C(=O)OC1C(C)(C)OC(O)(C(F)(F)F)C1(F)F. The molecule has 2 atom stereocenters. The summed E-state index contributed by atoms with van der Waals surface area (Å²) in [6.45, 7) is 6.20. The van der Waals surface area contributed by atoms with Crippen LogP contribution in [0.1, 0.15) is 41.0 Å². The summed E-state index contributed by atoms with van der Waals surface area (Å²) < 4.78 is 75.5. The Morgan fingerprint density at radius 3 is 2.05 bits per heavy atom. The number of hydrogen-bond donors (Lipinski definition) is 1. The van der Waals surface area contributed by atoms with Crippen LogP contribution in [-0.2, 0) is 14.3 Å². The zero-order chi connectivity index (χ0) is 17.8. The molecule has 22 heavy (non-hydrogen) atoms. The van der Waals surface area contributed by atoms with Gasteiger partial charge in [0.1, 0.15) is 5.60 Å². The highest BCUT2D eigenvalue weighted by Gasteiger charge is 2.83. The first-order chi connectivity index (χ1) is 9.53. The van der Waals surface area contributed by atoms with E-state index < -0.39 is 41.0 Å². The Bertz CT molecular complexity index is 458. The zero-order valence-electron chi connectivity index (χ0n) is 12.8. The maximum absolute atomic E-state index is 14.1. The van der Waals surface area contributed by atoms with E-state index in [9.17, 15) is 31.9 Å². The molecule has 1 N–H and O–H groups in total. The van der Waals surface area contributed by atoms with Gasteiger partial charge in [0, 0.05) is 0 Å². The van der Waals surface area contributed by atoms with E-state index in [1.807, 2.05) is 0 Å².